The zero-order valence-corrected chi connectivity index (χ0v) is 11.2. The van der Waals surface area contributed by atoms with E-state index in [2.05, 4.69) is 28.0 Å². The number of nitrogens with zero attached hydrogens (tertiary/aromatic N) is 1. The smallest absolute Gasteiger partial charge is 0.172 e. The van der Waals surface area contributed by atoms with Crippen molar-refractivity contribution >= 4 is 21.7 Å². The van der Waals surface area contributed by atoms with Gasteiger partial charge in [-0.05, 0) is 40.0 Å². The summed E-state index contributed by atoms with van der Waals surface area (Å²) in [7, 11) is 1.62. The van der Waals surface area contributed by atoms with Crippen LogP contribution in [0.15, 0.2) is 27.2 Å². The highest BCUT2D eigenvalue weighted by atomic mass is 79.9. The number of nitrogens with two attached hydrogens (primary N) is 1. The van der Waals surface area contributed by atoms with Gasteiger partial charge in [-0.15, -0.1) is 0 Å². The zero-order valence-electron chi connectivity index (χ0n) is 9.66. The van der Waals surface area contributed by atoms with E-state index in [1.54, 1.807) is 13.2 Å². The molecule has 0 bridgehead atoms. The lowest BCUT2D eigenvalue weighted by molar-refractivity contribution is 0.404. The number of anilines is 1. The molecule has 4 nitrogen and oxygen atoms in total. The van der Waals surface area contributed by atoms with Crippen LogP contribution in [0.2, 0.25) is 0 Å². The number of hydrogen-bond acceptors (Lipinski definition) is 4. The Morgan fingerprint density at radius 1 is 1.41 bits per heavy atom. The van der Waals surface area contributed by atoms with Gasteiger partial charge >= 0.3 is 0 Å². The summed E-state index contributed by atoms with van der Waals surface area (Å²) in [5, 5.41) is 3.69. The van der Waals surface area contributed by atoms with Crippen LogP contribution in [0.25, 0.3) is 11.3 Å². The Balaban J connectivity index is 2.61. The van der Waals surface area contributed by atoms with Crippen LogP contribution in [0.1, 0.15) is 12.5 Å². The number of nitrogen functional groups attached to an aromatic ring is 1. The first-order chi connectivity index (χ1) is 8.15. The second-order valence-corrected chi connectivity index (χ2v) is 4.48. The highest BCUT2D eigenvalue weighted by Gasteiger charge is 2.15. The number of methoxy groups -OCH3 is 1. The van der Waals surface area contributed by atoms with Gasteiger partial charge in [0.15, 0.2) is 11.6 Å². The van der Waals surface area contributed by atoms with Crippen molar-refractivity contribution in [3.05, 3.63) is 28.2 Å². The molecule has 0 aliphatic carbocycles. The maximum absolute atomic E-state index is 5.56. The molecular weight excluding hydrogens is 284 g/mol. The molecular formula is C12H13BrN2O2. The molecule has 0 unspecified atom stereocenters. The molecule has 0 amide bonds. The van der Waals surface area contributed by atoms with Crippen LogP contribution in [-0.4, -0.2) is 12.3 Å². The molecule has 0 radical (unpaired) electrons. The van der Waals surface area contributed by atoms with Crippen molar-refractivity contribution in [3.8, 4) is 17.1 Å². The Morgan fingerprint density at radius 3 is 2.71 bits per heavy atom. The molecule has 17 heavy (non-hydrogen) atoms. The van der Waals surface area contributed by atoms with E-state index in [4.69, 9.17) is 15.0 Å². The van der Waals surface area contributed by atoms with E-state index < -0.39 is 0 Å². The first-order valence-electron chi connectivity index (χ1n) is 5.24. The van der Waals surface area contributed by atoms with E-state index in [1.807, 2.05) is 12.1 Å². The molecule has 0 fully saturated rings. The molecule has 0 spiro atoms. The fourth-order valence-electron chi connectivity index (χ4n) is 1.66. The Morgan fingerprint density at radius 2 is 2.18 bits per heavy atom. The monoisotopic (exact) mass is 296 g/mol. The standard InChI is InChI=1S/C12H13BrN2O2/c1-3-7-4-8(10-6-11(14)15-17-10)12(16-2)9(13)5-7/h4-6H,3H2,1-2H3,(H2,14,15). The lowest BCUT2D eigenvalue weighted by Gasteiger charge is -2.10. The predicted molar refractivity (Wildman–Crippen MR) is 70.0 cm³/mol. The zero-order chi connectivity index (χ0) is 12.4. The van der Waals surface area contributed by atoms with Crippen LogP contribution in [0.4, 0.5) is 5.82 Å². The van der Waals surface area contributed by atoms with Crippen molar-refractivity contribution in [2.45, 2.75) is 13.3 Å². The maximum Gasteiger partial charge on any atom is 0.172 e. The summed E-state index contributed by atoms with van der Waals surface area (Å²) in [6, 6.07) is 5.73. The number of aryl methyl sites for hydroxylation is 1. The topological polar surface area (TPSA) is 61.3 Å². The molecule has 1 aromatic heterocycles. The van der Waals surface area contributed by atoms with Gasteiger partial charge in [-0.3, -0.25) is 0 Å². The average Bonchev–Trinajstić information content (AvgIpc) is 2.74. The quantitative estimate of drug-likeness (QED) is 0.944. The fraction of sp³-hybridized carbons (Fsp3) is 0.250. The van der Waals surface area contributed by atoms with Gasteiger partial charge in [0.2, 0.25) is 0 Å². The Hall–Kier alpha value is -1.49. The lowest BCUT2D eigenvalue weighted by atomic mass is 10.1. The number of rotatable bonds is 3. The molecule has 0 saturated carbocycles. The van der Waals surface area contributed by atoms with Gasteiger partial charge in [-0.25, -0.2) is 0 Å². The van der Waals surface area contributed by atoms with Crippen molar-refractivity contribution in [1.82, 2.24) is 5.16 Å². The van der Waals surface area contributed by atoms with E-state index in [-0.39, 0.29) is 0 Å². The summed E-state index contributed by atoms with van der Waals surface area (Å²) in [6.07, 6.45) is 0.930. The molecule has 2 rings (SSSR count). The second kappa shape index (κ2) is 4.79. The summed E-state index contributed by atoms with van der Waals surface area (Å²) in [4.78, 5) is 0. The van der Waals surface area contributed by atoms with Gasteiger partial charge < -0.3 is 15.0 Å². The number of aromatic nitrogens is 1. The molecule has 2 N–H and O–H groups in total. The van der Waals surface area contributed by atoms with E-state index in [0.717, 1.165) is 22.2 Å². The van der Waals surface area contributed by atoms with Gasteiger partial charge in [0.05, 0.1) is 17.1 Å². The third kappa shape index (κ3) is 2.29. The van der Waals surface area contributed by atoms with Gasteiger partial charge in [0.1, 0.15) is 5.75 Å². The normalized spacial score (nSPS) is 10.5. The van der Waals surface area contributed by atoms with Crippen molar-refractivity contribution in [3.63, 3.8) is 0 Å². The van der Waals surface area contributed by atoms with Crippen LogP contribution in [0.3, 0.4) is 0 Å². The van der Waals surface area contributed by atoms with E-state index in [1.165, 1.54) is 5.56 Å². The van der Waals surface area contributed by atoms with Crippen LogP contribution >= 0.6 is 15.9 Å². The van der Waals surface area contributed by atoms with Crippen LogP contribution in [0.5, 0.6) is 5.75 Å². The first-order valence-corrected chi connectivity index (χ1v) is 6.04. The number of hydrogen-bond donors (Lipinski definition) is 1. The van der Waals surface area contributed by atoms with Crippen LogP contribution in [0, 0.1) is 0 Å². The van der Waals surface area contributed by atoms with Crippen molar-refractivity contribution in [2.24, 2.45) is 0 Å². The maximum atomic E-state index is 5.56. The summed E-state index contributed by atoms with van der Waals surface area (Å²) in [5.41, 5.74) is 7.59. The van der Waals surface area contributed by atoms with E-state index >= 15 is 0 Å². The fourth-order valence-corrected chi connectivity index (χ4v) is 2.33. The Bertz CT molecular complexity index is 537. The average molecular weight is 297 g/mol. The highest BCUT2D eigenvalue weighted by Crippen LogP contribution is 2.38. The van der Waals surface area contributed by atoms with Gasteiger partial charge in [-0.1, -0.05) is 12.1 Å². The van der Waals surface area contributed by atoms with E-state index in [0.29, 0.717) is 11.6 Å². The van der Waals surface area contributed by atoms with Gasteiger partial charge in [0.25, 0.3) is 0 Å². The van der Waals surface area contributed by atoms with Crippen LogP contribution < -0.4 is 10.5 Å². The summed E-state index contributed by atoms with van der Waals surface area (Å²) < 4.78 is 11.4. The summed E-state index contributed by atoms with van der Waals surface area (Å²) >= 11 is 3.48. The highest BCUT2D eigenvalue weighted by molar-refractivity contribution is 9.10. The summed E-state index contributed by atoms with van der Waals surface area (Å²) in [6.45, 7) is 2.09. The number of ether oxygens (including phenoxy) is 1. The molecule has 0 aliphatic heterocycles. The lowest BCUT2D eigenvalue weighted by Crippen LogP contribution is -1.91. The molecule has 0 saturated heterocycles. The van der Waals surface area contributed by atoms with Crippen molar-refractivity contribution in [1.29, 1.82) is 0 Å². The minimum Gasteiger partial charge on any atom is -0.495 e. The summed E-state index contributed by atoms with van der Waals surface area (Å²) in [5.74, 6) is 1.69. The number of halogens is 1. The van der Waals surface area contributed by atoms with Crippen molar-refractivity contribution in [2.75, 3.05) is 12.8 Å². The van der Waals surface area contributed by atoms with Gasteiger partial charge in [0, 0.05) is 6.07 Å². The molecule has 1 aromatic carbocycles. The molecule has 90 valence electrons. The first kappa shape index (κ1) is 12.0. The minimum absolute atomic E-state index is 0.361. The molecule has 0 atom stereocenters. The SMILES string of the molecule is CCc1cc(Br)c(OC)c(-c2cc(N)no2)c1. The molecule has 0 aliphatic rings. The number of benzene rings is 1. The Kier molecular flexibility index (Phi) is 3.38. The molecule has 2 aromatic rings. The van der Waals surface area contributed by atoms with E-state index in [9.17, 15) is 0 Å². The molecule has 5 heteroatoms. The molecule has 1 heterocycles. The largest absolute Gasteiger partial charge is 0.495 e. The Labute approximate surface area is 108 Å². The third-order valence-electron chi connectivity index (χ3n) is 2.51. The van der Waals surface area contributed by atoms with Crippen LogP contribution in [-0.2, 0) is 6.42 Å². The minimum atomic E-state index is 0.361. The third-order valence-corrected chi connectivity index (χ3v) is 3.10. The van der Waals surface area contributed by atoms with Crippen molar-refractivity contribution < 1.29 is 9.26 Å². The van der Waals surface area contributed by atoms with Gasteiger partial charge in [-0.2, -0.15) is 0 Å². The second-order valence-electron chi connectivity index (χ2n) is 3.63. The predicted octanol–water partition coefficient (Wildman–Crippen LogP) is 3.26.